The zero-order valence-corrected chi connectivity index (χ0v) is 25.1. The molecule has 0 saturated heterocycles. The van der Waals surface area contributed by atoms with Crippen LogP contribution in [0.1, 0.15) is 87.3 Å². The summed E-state index contributed by atoms with van der Waals surface area (Å²) in [4.78, 5) is 2.07. The number of phenols is 1. The summed E-state index contributed by atoms with van der Waals surface area (Å²) < 4.78 is 88.9. The lowest BCUT2D eigenvalue weighted by molar-refractivity contribution is -0.135. The number of aromatic hydroxyl groups is 1. The Bertz CT molecular complexity index is 1290. The number of allylic oxidation sites excluding steroid dienone is 2. The second kappa shape index (κ2) is 15.8. The van der Waals surface area contributed by atoms with Gasteiger partial charge in [0.05, 0.1) is 11.5 Å². The topological polar surface area (TPSA) is 57.6 Å². The highest BCUT2D eigenvalue weighted by Crippen LogP contribution is 2.40. The molecule has 1 aliphatic rings. The van der Waals surface area contributed by atoms with E-state index in [1.54, 1.807) is 12.1 Å². The van der Waals surface area contributed by atoms with Crippen LogP contribution in [0.4, 0.5) is 22.0 Å². The SMILES string of the molecule is CN(CCCCCCC1=C(c2ccc(F)cc2)CCCc2cc(O)c(F)cc21)CCCS(=O)(=O)CCCCC(F)(F)F. The van der Waals surface area contributed by atoms with Gasteiger partial charge in [0.25, 0.3) is 0 Å². The number of alkyl halides is 3. The van der Waals surface area contributed by atoms with Crippen molar-refractivity contribution >= 4 is 21.0 Å². The molecule has 0 aliphatic heterocycles. The lowest BCUT2D eigenvalue weighted by atomic mass is 9.89. The molecule has 42 heavy (non-hydrogen) atoms. The number of unbranched alkanes of at least 4 members (excludes halogenated alkanes) is 4. The Morgan fingerprint density at radius 3 is 2.24 bits per heavy atom. The van der Waals surface area contributed by atoms with Gasteiger partial charge in [-0.15, -0.1) is 0 Å². The summed E-state index contributed by atoms with van der Waals surface area (Å²) in [7, 11) is -1.42. The summed E-state index contributed by atoms with van der Waals surface area (Å²) in [6, 6.07) is 9.35. The number of halogens is 5. The fourth-order valence-corrected chi connectivity index (χ4v) is 6.99. The van der Waals surface area contributed by atoms with Crippen LogP contribution in [-0.4, -0.2) is 56.2 Å². The van der Waals surface area contributed by atoms with Crippen LogP contribution in [0.2, 0.25) is 0 Å². The average Bonchev–Trinajstić information content (AvgIpc) is 3.08. The van der Waals surface area contributed by atoms with E-state index < -0.39 is 28.3 Å². The molecule has 0 saturated carbocycles. The van der Waals surface area contributed by atoms with Gasteiger partial charge in [-0.25, -0.2) is 17.2 Å². The second-order valence-electron chi connectivity index (χ2n) is 11.3. The molecule has 0 heterocycles. The molecular formula is C32H42F5NO3S. The third kappa shape index (κ3) is 11.3. The highest BCUT2D eigenvalue weighted by molar-refractivity contribution is 7.91. The third-order valence-corrected chi connectivity index (χ3v) is 9.63. The summed E-state index contributed by atoms with van der Waals surface area (Å²) in [6.07, 6.45) is 1.95. The van der Waals surface area contributed by atoms with Gasteiger partial charge in [0.15, 0.2) is 11.6 Å². The first-order chi connectivity index (χ1) is 19.8. The van der Waals surface area contributed by atoms with Gasteiger partial charge in [-0.1, -0.05) is 25.0 Å². The summed E-state index contributed by atoms with van der Waals surface area (Å²) >= 11 is 0. The van der Waals surface area contributed by atoms with Crippen molar-refractivity contribution in [1.82, 2.24) is 4.90 Å². The van der Waals surface area contributed by atoms with Crippen LogP contribution in [0.3, 0.4) is 0 Å². The maximum absolute atomic E-state index is 14.4. The minimum atomic E-state index is -4.25. The number of sulfone groups is 1. The summed E-state index contributed by atoms with van der Waals surface area (Å²) in [5, 5.41) is 9.95. The van der Waals surface area contributed by atoms with Gasteiger partial charge in [-0.05, 0) is 130 Å². The van der Waals surface area contributed by atoms with E-state index in [1.165, 1.54) is 24.3 Å². The summed E-state index contributed by atoms with van der Waals surface area (Å²) in [5.74, 6) is -1.53. The first kappa shape index (κ1) is 34.0. The van der Waals surface area contributed by atoms with E-state index in [1.807, 2.05) is 7.05 Å². The van der Waals surface area contributed by atoms with Crippen molar-refractivity contribution < 1.29 is 35.5 Å². The standard InChI is InChI=1S/C32H42F5NO3S/c1-38(19-9-21-42(40,41)20-7-5-17-32(35,36)37)18-6-3-2-4-11-28-27(24-13-15-26(33)16-14-24)12-8-10-25-22-31(39)30(34)23-29(25)28/h13-16,22-23,39H,2-12,17-21H2,1H3. The lowest BCUT2D eigenvalue weighted by Crippen LogP contribution is -2.23. The monoisotopic (exact) mass is 615 g/mol. The minimum absolute atomic E-state index is 0.0191. The number of nitrogens with zero attached hydrogens (tertiary/aromatic N) is 1. The Kier molecular flexibility index (Phi) is 12.8. The molecule has 234 valence electrons. The molecule has 0 unspecified atom stereocenters. The van der Waals surface area contributed by atoms with Gasteiger partial charge in [-0.3, -0.25) is 0 Å². The molecule has 10 heteroatoms. The van der Waals surface area contributed by atoms with Crippen molar-refractivity contribution in [3.63, 3.8) is 0 Å². The summed E-state index contributed by atoms with van der Waals surface area (Å²) in [6.45, 7) is 1.41. The predicted molar refractivity (Wildman–Crippen MR) is 158 cm³/mol. The van der Waals surface area contributed by atoms with Crippen LogP contribution in [-0.2, 0) is 16.3 Å². The number of hydrogen-bond acceptors (Lipinski definition) is 4. The van der Waals surface area contributed by atoms with E-state index in [-0.39, 0.29) is 35.9 Å². The van der Waals surface area contributed by atoms with E-state index in [0.717, 1.165) is 85.7 Å². The zero-order valence-electron chi connectivity index (χ0n) is 24.3. The van der Waals surface area contributed by atoms with Crippen LogP contribution in [0.15, 0.2) is 36.4 Å². The van der Waals surface area contributed by atoms with Crippen LogP contribution in [0.5, 0.6) is 5.75 Å². The molecule has 0 aromatic heterocycles. The van der Waals surface area contributed by atoms with Gasteiger partial charge >= 0.3 is 6.18 Å². The highest BCUT2D eigenvalue weighted by Gasteiger charge is 2.26. The van der Waals surface area contributed by atoms with E-state index in [2.05, 4.69) is 4.90 Å². The second-order valence-corrected chi connectivity index (χ2v) is 13.6. The smallest absolute Gasteiger partial charge is 0.389 e. The van der Waals surface area contributed by atoms with Gasteiger partial charge in [-0.2, -0.15) is 13.2 Å². The molecule has 1 aliphatic carbocycles. The van der Waals surface area contributed by atoms with Crippen molar-refractivity contribution in [2.45, 2.75) is 83.2 Å². The van der Waals surface area contributed by atoms with Crippen molar-refractivity contribution in [3.05, 3.63) is 64.7 Å². The Hall–Kier alpha value is -2.46. The van der Waals surface area contributed by atoms with Crippen molar-refractivity contribution in [2.75, 3.05) is 31.6 Å². The molecule has 0 atom stereocenters. The normalized spacial score (nSPS) is 14.4. The van der Waals surface area contributed by atoms with Gasteiger partial charge < -0.3 is 10.0 Å². The van der Waals surface area contributed by atoms with E-state index >= 15 is 0 Å². The average molecular weight is 616 g/mol. The molecule has 4 nitrogen and oxygen atoms in total. The van der Waals surface area contributed by atoms with Gasteiger partial charge in [0, 0.05) is 6.42 Å². The first-order valence-electron chi connectivity index (χ1n) is 14.8. The Morgan fingerprint density at radius 2 is 1.52 bits per heavy atom. The van der Waals surface area contributed by atoms with Gasteiger partial charge in [0.2, 0.25) is 0 Å². The molecule has 0 spiro atoms. The lowest BCUT2D eigenvalue weighted by Gasteiger charge is -2.18. The molecule has 1 N–H and O–H groups in total. The van der Waals surface area contributed by atoms with Crippen LogP contribution < -0.4 is 0 Å². The zero-order chi connectivity index (χ0) is 30.8. The Balaban J connectivity index is 1.46. The number of aryl methyl sites for hydroxylation is 1. The number of hydrogen-bond donors (Lipinski definition) is 1. The molecule has 2 aromatic rings. The highest BCUT2D eigenvalue weighted by atomic mass is 32.2. The number of fused-ring (bicyclic) bond motifs is 1. The van der Waals surface area contributed by atoms with E-state index in [4.69, 9.17) is 0 Å². The van der Waals surface area contributed by atoms with Crippen molar-refractivity contribution in [2.24, 2.45) is 0 Å². The number of phenolic OH excluding ortho intramolecular Hbond substituents is 1. The van der Waals surface area contributed by atoms with Crippen molar-refractivity contribution in [3.8, 4) is 5.75 Å². The fraction of sp³-hybridized carbons (Fsp3) is 0.562. The molecule has 0 radical (unpaired) electrons. The molecule has 2 aromatic carbocycles. The van der Waals surface area contributed by atoms with Gasteiger partial charge in [0.1, 0.15) is 15.7 Å². The molecular weight excluding hydrogens is 573 g/mol. The number of benzene rings is 2. The molecule has 0 amide bonds. The maximum atomic E-state index is 14.4. The molecule has 0 fully saturated rings. The Labute approximate surface area is 246 Å². The predicted octanol–water partition coefficient (Wildman–Crippen LogP) is 8.34. The molecule has 0 bridgehead atoms. The minimum Gasteiger partial charge on any atom is -0.505 e. The first-order valence-corrected chi connectivity index (χ1v) is 16.6. The number of rotatable bonds is 16. The van der Waals surface area contributed by atoms with Crippen molar-refractivity contribution in [1.29, 1.82) is 0 Å². The fourth-order valence-electron chi connectivity index (χ4n) is 5.57. The maximum Gasteiger partial charge on any atom is 0.389 e. The Morgan fingerprint density at radius 1 is 0.857 bits per heavy atom. The van der Waals surface area contributed by atoms with Crippen LogP contribution >= 0.6 is 0 Å². The molecule has 3 rings (SSSR count). The van der Waals surface area contributed by atoms with E-state index in [9.17, 15) is 35.5 Å². The largest absolute Gasteiger partial charge is 0.505 e. The van der Waals surface area contributed by atoms with Crippen LogP contribution in [0.25, 0.3) is 11.1 Å². The third-order valence-electron chi connectivity index (χ3n) is 7.81. The summed E-state index contributed by atoms with van der Waals surface area (Å²) in [5.41, 5.74) is 4.81. The quantitative estimate of drug-likeness (QED) is 0.152. The van der Waals surface area contributed by atoms with E-state index in [0.29, 0.717) is 13.0 Å². The van der Waals surface area contributed by atoms with Crippen LogP contribution in [0, 0.1) is 11.6 Å².